The molecule has 0 aromatic heterocycles. The summed E-state index contributed by atoms with van der Waals surface area (Å²) in [5.74, 6) is 2.30. The third-order valence-corrected chi connectivity index (χ3v) is 1.16. The molecule has 64 valence electrons. The van der Waals surface area contributed by atoms with E-state index in [0.29, 0.717) is 11.4 Å². The molecule has 0 saturated carbocycles. The van der Waals surface area contributed by atoms with Crippen molar-refractivity contribution in [2.75, 3.05) is 6.61 Å². The molecule has 12 heavy (non-hydrogen) atoms. The molecule has 0 aromatic carbocycles. The van der Waals surface area contributed by atoms with Crippen LogP contribution >= 0.6 is 0 Å². The Morgan fingerprint density at radius 3 is 2.83 bits per heavy atom. The Morgan fingerprint density at radius 1 is 1.75 bits per heavy atom. The fourth-order valence-corrected chi connectivity index (χ4v) is 0.628. The van der Waals surface area contributed by atoms with E-state index in [1.807, 2.05) is 6.92 Å². The van der Waals surface area contributed by atoms with E-state index in [9.17, 15) is 0 Å². The van der Waals surface area contributed by atoms with Gasteiger partial charge in [0.15, 0.2) is 6.61 Å². The molecule has 0 bridgehead atoms. The predicted octanol–water partition coefficient (Wildman–Crippen LogP) is 1.62. The third-order valence-electron chi connectivity index (χ3n) is 1.16. The van der Waals surface area contributed by atoms with Gasteiger partial charge in [-0.1, -0.05) is 17.2 Å². The minimum absolute atomic E-state index is 0.172. The molecule has 0 atom stereocenters. The maximum Gasteiger partial charge on any atom is 0.177 e. The summed E-state index contributed by atoms with van der Waals surface area (Å²) in [4.78, 5) is 8.49. The van der Waals surface area contributed by atoms with Gasteiger partial charge >= 0.3 is 0 Å². The van der Waals surface area contributed by atoms with Gasteiger partial charge in [0.2, 0.25) is 0 Å². The second kappa shape index (κ2) is 6.17. The van der Waals surface area contributed by atoms with Crippen molar-refractivity contribution in [3.05, 3.63) is 11.8 Å². The van der Waals surface area contributed by atoms with Crippen molar-refractivity contribution in [1.29, 1.82) is 0 Å². The average molecular weight is 164 g/mol. The first-order chi connectivity index (χ1) is 5.76. The number of hydrogen-bond acceptors (Lipinski definition) is 3. The van der Waals surface area contributed by atoms with Crippen LogP contribution in [0.3, 0.4) is 0 Å². The third kappa shape index (κ3) is 3.57. The van der Waals surface area contributed by atoms with Gasteiger partial charge in [-0.2, -0.15) is 0 Å². The number of nitrogens with zero attached hydrogens (tertiary/aromatic N) is 2. The van der Waals surface area contributed by atoms with Gasteiger partial charge in [-0.05, 0) is 20.6 Å². The Labute approximate surface area is 72.8 Å². The van der Waals surface area contributed by atoms with E-state index in [4.69, 9.17) is 11.3 Å². The number of oxime groups is 1. The summed E-state index contributed by atoms with van der Waals surface area (Å²) in [5.41, 5.74) is 1.37. The minimum atomic E-state index is 0.172. The van der Waals surface area contributed by atoms with Crippen LogP contribution in [0.4, 0.5) is 0 Å². The zero-order chi connectivity index (χ0) is 9.40. The maximum absolute atomic E-state index is 4.96. The van der Waals surface area contributed by atoms with E-state index < -0.39 is 0 Å². The van der Waals surface area contributed by atoms with Crippen molar-refractivity contribution >= 4 is 12.4 Å². The summed E-state index contributed by atoms with van der Waals surface area (Å²) >= 11 is 0. The number of aliphatic imine (C=N–C) groups is 1. The van der Waals surface area contributed by atoms with Crippen LogP contribution in [-0.4, -0.2) is 19.0 Å². The van der Waals surface area contributed by atoms with Gasteiger partial charge in [-0.25, -0.2) is 0 Å². The molecular formula is C9H12N2O. The molecule has 0 unspecified atom stereocenters. The van der Waals surface area contributed by atoms with Gasteiger partial charge in [0.25, 0.3) is 0 Å². The second-order valence-corrected chi connectivity index (χ2v) is 1.99. The molecule has 0 rings (SSSR count). The summed E-state index contributed by atoms with van der Waals surface area (Å²) in [6.07, 6.45) is 6.76. The number of hydrogen-bond donors (Lipinski definition) is 0. The van der Waals surface area contributed by atoms with Crippen LogP contribution in [0.2, 0.25) is 0 Å². The molecule has 0 aliphatic heterocycles. The van der Waals surface area contributed by atoms with Crippen LogP contribution in [-0.2, 0) is 4.84 Å². The quantitative estimate of drug-likeness (QED) is 0.269. The summed E-state index contributed by atoms with van der Waals surface area (Å²) in [6, 6.07) is 0. The lowest BCUT2D eigenvalue weighted by Crippen LogP contribution is -1.96. The summed E-state index contributed by atoms with van der Waals surface area (Å²) in [6.45, 7) is 7.19. The van der Waals surface area contributed by atoms with Gasteiger partial charge in [-0.3, -0.25) is 4.99 Å². The van der Waals surface area contributed by atoms with Gasteiger partial charge < -0.3 is 4.84 Å². The highest BCUT2D eigenvalue weighted by Gasteiger charge is 1.95. The SMILES string of the molecule is C#CCON=C(C)C(=CC)N=C. The number of allylic oxidation sites excluding steroid dienone is 2. The molecule has 0 saturated heterocycles. The van der Waals surface area contributed by atoms with Crippen molar-refractivity contribution in [2.45, 2.75) is 13.8 Å². The first kappa shape index (κ1) is 10.4. The Morgan fingerprint density at radius 2 is 2.42 bits per heavy atom. The lowest BCUT2D eigenvalue weighted by Gasteiger charge is -1.98. The number of rotatable bonds is 4. The van der Waals surface area contributed by atoms with Gasteiger partial charge in [0, 0.05) is 0 Å². The van der Waals surface area contributed by atoms with E-state index in [0.717, 1.165) is 0 Å². The Kier molecular flexibility index (Phi) is 5.37. The van der Waals surface area contributed by atoms with Crippen LogP contribution < -0.4 is 0 Å². The van der Waals surface area contributed by atoms with Crippen molar-refractivity contribution in [3.63, 3.8) is 0 Å². The van der Waals surface area contributed by atoms with E-state index in [2.05, 4.69) is 22.8 Å². The highest BCUT2D eigenvalue weighted by molar-refractivity contribution is 5.97. The minimum Gasteiger partial charge on any atom is -0.382 e. The fourth-order valence-electron chi connectivity index (χ4n) is 0.628. The lowest BCUT2D eigenvalue weighted by molar-refractivity contribution is 0.180. The van der Waals surface area contributed by atoms with Crippen molar-refractivity contribution in [3.8, 4) is 12.3 Å². The van der Waals surface area contributed by atoms with Crippen molar-refractivity contribution in [2.24, 2.45) is 10.1 Å². The molecule has 0 radical (unpaired) electrons. The molecule has 3 heteroatoms. The second-order valence-electron chi connectivity index (χ2n) is 1.99. The van der Waals surface area contributed by atoms with Crippen molar-refractivity contribution < 1.29 is 4.84 Å². The largest absolute Gasteiger partial charge is 0.382 e. The summed E-state index contributed by atoms with van der Waals surface area (Å²) < 4.78 is 0. The topological polar surface area (TPSA) is 34.0 Å². The molecule has 0 aromatic rings. The van der Waals surface area contributed by atoms with E-state index in [1.165, 1.54) is 0 Å². The van der Waals surface area contributed by atoms with Crippen LogP contribution in [0.15, 0.2) is 21.9 Å². The first-order valence-corrected chi connectivity index (χ1v) is 3.49. The normalized spacial score (nSPS) is 12.1. The Bertz CT molecular complexity index is 246. The highest BCUT2D eigenvalue weighted by Crippen LogP contribution is 1.98. The number of terminal acetylenes is 1. The van der Waals surface area contributed by atoms with Gasteiger partial charge in [-0.15, -0.1) is 6.42 Å². The van der Waals surface area contributed by atoms with Gasteiger partial charge in [0.05, 0.1) is 5.70 Å². The summed E-state index contributed by atoms with van der Waals surface area (Å²) in [7, 11) is 0. The average Bonchev–Trinajstić information content (AvgIpc) is 2.07. The zero-order valence-electron chi connectivity index (χ0n) is 7.37. The zero-order valence-corrected chi connectivity index (χ0v) is 7.37. The van der Waals surface area contributed by atoms with Crippen LogP contribution in [0.5, 0.6) is 0 Å². The molecule has 0 heterocycles. The lowest BCUT2D eigenvalue weighted by atomic mass is 10.3. The smallest absolute Gasteiger partial charge is 0.177 e. The van der Waals surface area contributed by atoms with E-state index >= 15 is 0 Å². The molecule has 3 nitrogen and oxygen atoms in total. The molecule has 0 N–H and O–H groups in total. The molecule has 0 aliphatic rings. The highest BCUT2D eigenvalue weighted by atomic mass is 16.6. The molecule has 0 fully saturated rings. The molecule has 0 amide bonds. The first-order valence-electron chi connectivity index (χ1n) is 3.49. The van der Waals surface area contributed by atoms with Crippen LogP contribution in [0.25, 0.3) is 0 Å². The standard InChI is InChI=1S/C9H12N2O/c1-5-7-12-11-8(3)9(6-2)10-4/h1,6H,4,7H2,2-3H3. The monoisotopic (exact) mass is 164 g/mol. The van der Waals surface area contributed by atoms with Crippen LogP contribution in [0.1, 0.15) is 13.8 Å². The molecular weight excluding hydrogens is 152 g/mol. The van der Waals surface area contributed by atoms with Crippen molar-refractivity contribution in [1.82, 2.24) is 0 Å². The summed E-state index contributed by atoms with van der Waals surface area (Å²) in [5, 5.41) is 3.73. The van der Waals surface area contributed by atoms with Gasteiger partial charge in [0.1, 0.15) is 5.71 Å². The Hall–Kier alpha value is -1.56. The molecule has 0 aliphatic carbocycles. The van der Waals surface area contributed by atoms with E-state index in [1.54, 1.807) is 13.0 Å². The Balaban J connectivity index is 4.18. The molecule has 0 spiro atoms. The van der Waals surface area contributed by atoms with E-state index in [-0.39, 0.29) is 6.61 Å². The maximum atomic E-state index is 4.96. The predicted molar refractivity (Wildman–Crippen MR) is 51.2 cm³/mol. The van der Waals surface area contributed by atoms with Crippen LogP contribution in [0, 0.1) is 12.3 Å². The fraction of sp³-hybridized carbons (Fsp3) is 0.333.